The maximum atomic E-state index is 11.2. The number of aromatic amines is 1. The molecule has 1 atom stereocenters. The van der Waals surface area contributed by atoms with Gasteiger partial charge in [0.25, 0.3) is 0 Å². The molecule has 2 heterocycles. The molecule has 0 spiro atoms. The summed E-state index contributed by atoms with van der Waals surface area (Å²) in [5, 5.41) is 11.1. The Hall–Kier alpha value is -2.48. The van der Waals surface area contributed by atoms with Crippen molar-refractivity contribution in [3.63, 3.8) is 0 Å². The Labute approximate surface area is 167 Å². The predicted octanol–water partition coefficient (Wildman–Crippen LogP) is 2.34. The number of hydrogen-bond donors (Lipinski definition) is 2. The van der Waals surface area contributed by atoms with Crippen LogP contribution in [0.2, 0.25) is 5.02 Å². The molecule has 1 aromatic heterocycles. The number of aromatic nitrogens is 1. The van der Waals surface area contributed by atoms with Crippen LogP contribution in [-0.4, -0.2) is 60.4 Å². The zero-order chi connectivity index (χ0) is 19.5. The van der Waals surface area contributed by atoms with Crippen LogP contribution in [0.25, 0.3) is 11.1 Å². The zero-order valence-corrected chi connectivity index (χ0v) is 16.1. The third kappa shape index (κ3) is 4.49. The number of rotatable bonds is 6. The lowest BCUT2D eigenvalue weighted by atomic mass is 10.2. The average Bonchev–Trinajstić information content (AvgIpc) is 3.07. The van der Waals surface area contributed by atoms with E-state index in [0.29, 0.717) is 23.4 Å². The maximum absolute atomic E-state index is 11.2. The normalized spacial score (nSPS) is 16.4. The van der Waals surface area contributed by atoms with Crippen molar-refractivity contribution in [2.75, 3.05) is 44.2 Å². The van der Waals surface area contributed by atoms with Crippen LogP contribution in [0.4, 0.5) is 5.69 Å². The number of fused-ring (bicyclic) bond motifs is 1. The molecule has 0 radical (unpaired) electrons. The van der Waals surface area contributed by atoms with Crippen molar-refractivity contribution >= 4 is 28.4 Å². The van der Waals surface area contributed by atoms with Crippen molar-refractivity contribution < 1.29 is 14.3 Å². The highest BCUT2D eigenvalue weighted by Gasteiger charge is 2.20. The molecule has 4 rings (SSSR count). The van der Waals surface area contributed by atoms with Gasteiger partial charge in [0.1, 0.15) is 18.5 Å². The number of piperazine rings is 1. The SMILES string of the molecule is O=c1[nH]c2ccc(OCC(O)CN3CCN(c4ccc(Cl)cc4)CC3)cc2o1. The summed E-state index contributed by atoms with van der Waals surface area (Å²) in [6, 6.07) is 13.0. The highest BCUT2D eigenvalue weighted by Crippen LogP contribution is 2.20. The molecular weight excluding hydrogens is 382 g/mol. The second kappa shape index (κ2) is 8.26. The van der Waals surface area contributed by atoms with Crippen LogP contribution in [0.5, 0.6) is 5.75 Å². The molecule has 1 aliphatic rings. The molecule has 0 bridgehead atoms. The van der Waals surface area contributed by atoms with Gasteiger partial charge in [0.2, 0.25) is 0 Å². The maximum Gasteiger partial charge on any atom is 0.417 e. The van der Waals surface area contributed by atoms with Gasteiger partial charge in [-0.2, -0.15) is 0 Å². The number of oxazole rings is 1. The third-order valence-electron chi connectivity index (χ3n) is 4.87. The number of benzene rings is 2. The minimum Gasteiger partial charge on any atom is -0.491 e. The number of hydrogen-bond acceptors (Lipinski definition) is 6. The molecule has 28 heavy (non-hydrogen) atoms. The average molecular weight is 404 g/mol. The summed E-state index contributed by atoms with van der Waals surface area (Å²) >= 11 is 5.95. The Morgan fingerprint density at radius 3 is 2.64 bits per heavy atom. The van der Waals surface area contributed by atoms with Gasteiger partial charge in [-0.05, 0) is 36.4 Å². The summed E-state index contributed by atoms with van der Waals surface area (Å²) in [6.45, 7) is 4.28. The Morgan fingerprint density at radius 1 is 1.14 bits per heavy atom. The molecule has 8 heteroatoms. The lowest BCUT2D eigenvalue weighted by molar-refractivity contribution is 0.0663. The van der Waals surface area contributed by atoms with Crippen molar-refractivity contribution in [1.82, 2.24) is 9.88 Å². The van der Waals surface area contributed by atoms with Gasteiger partial charge >= 0.3 is 5.76 Å². The molecule has 7 nitrogen and oxygen atoms in total. The van der Waals surface area contributed by atoms with Gasteiger partial charge in [0, 0.05) is 49.5 Å². The fraction of sp³-hybridized carbons (Fsp3) is 0.350. The van der Waals surface area contributed by atoms with Crippen molar-refractivity contribution in [3.8, 4) is 5.75 Å². The first-order valence-electron chi connectivity index (χ1n) is 9.23. The van der Waals surface area contributed by atoms with E-state index >= 15 is 0 Å². The van der Waals surface area contributed by atoms with E-state index in [-0.39, 0.29) is 6.61 Å². The third-order valence-corrected chi connectivity index (χ3v) is 5.12. The molecule has 3 aromatic rings. The fourth-order valence-electron chi connectivity index (χ4n) is 3.40. The lowest BCUT2D eigenvalue weighted by Crippen LogP contribution is -2.49. The molecule has 0 amide bonds. The highest BCUT2D eigenvalue weighted by atomic mass is 35.5. The Morgan fingerprint density at radius 2 is 1.89 bits per heavy atom. The minimum atomic E-state index is -0.601. The molecular formula is C20H22ClN3O4. The lowest BCUT2D eigenvalue weighted by Gasteiger charge is -2.36. The van der Waals surface area contributed by atoms with Crippen LogP contribution < -0.4 is 15.4 Å². The number of aliphatic hydroxyl groups is 1. The molecule has 1 saturated heterocycles. The fourth-order valence-corrected chi connectivity index (χ4v) is 3.53. The Balaban J connectivity index is 1.24. The first-order valence-corrected chi connectivity index (χ1v) is 9.61. The van der Waals surface area contributed by atoms with Crippen LogP contribution in [0, 0.1) is 0 Å². The number of nitrogens with zero attached hydrogens (tertiary/aromatic N) is 2. The van der Waals surface area contributed by atoms with Gasteiger partial charge in [-0.15, -0.1) is 0 Å². The van der Waals surface area contributed by atoms with E-state index in [0.717, 1.165) is 31.2 Å². The van der Waals surface area contributed by atoms with Gasteiger partial charge in [-0.1, -0.05) is 11.6 Å². The Kier molecular flexibility index (Phi) is 5.57. The summed E-state index contributed by atoms with van der Waals surface area (Å²) in [5.74, 6) is 0.0618. The van der Waals surface area contributed by atoms with Gasteiger partial charge in [-0.25, -0.2) is 4.79 Å². The minimum absolute atomic E-state index is 0.178. The molecule has 1 aliphatic heterocycles. The largest absolute Gasteiger partial charge is 0.491 e. The summed E-state index contributed by atoms with van der Waals surface area (Å²) in [5.41, 5.74) is 2.23. The molecule has 2 aromatic carbocycles. The van der Waals surface area contributed by atoms with E-state index in [1.54, 1.807) is 18.2 Å². The summed E-state index contributed by atoms with van der Waals surface area (Å²) in [6.07, 6.45) is -0.601. The monoisotopic (exact) mass is 403 g/mol. The number of anilines is 1. The van der Waals surface area contributed by atoms with E-state index in [1.165, 1.54) is 5.69 Å². The van der Waals surface area contributed by atoms with Crippen LogP contribution in [0.15, 0.2) is 51.7 Å². The molecule has 0 saturated carbocycles. The van der Waals surface area contributed by atoms with E-state index < -0.39 is 11.9 Å². The number of nitrogens with one attached hydrogen (secondary N) is 1. The van der Waals surface area contributed by atoms with Crippen LogP contribution in [-0.2, 0) is 0 Å². The van der Waals surface area contributed by atoms with Crippen LogP contribution in [0.3, 0.4) is 0 Å². The standard InChI is InChI=1S/C20H22ClN3O4/c21-14-1-3-15(4-2-14)24-9-7-23(8-10-24)12-16(25)13-27-17-5-6-18-19(11-17)28-20(26)22-18/h1-6,11,16,25H,7-10,12-13H2,(H,22,26). The smallest absolute Gasteiger partial charge is 0.417 e. The van der Waals surface area contributed by atoms with Crippen molar-refractivity contribution in [2.24, 2.45) is 0 Å². The topological polar surface area (TPSA) is 81.9 Å². The molecule has 0 aliphatic carbocycles. The highest BCUT2D eigenvalue weighted by molar-refractivity contribution is 6.30. The van der Waals surface area contributed by atoms with Gasteiger partial charge in [0.05, 0.1) is 5.52 Å². The van der Waals surface area contributed by atoms with Gasteiger partial charge in [-0.3, -0.25) is 9.88 Å². The first kappa shape index (κ1) is 18.9. The first-order chi connectivity index (χ1) is 13.6. The summed E-state index contributed by atoms with van der Waals surface area (Å²) in [4.78, 5) is 18.3. The number of aliphatic hydroxyl groups excluding tert-OH is 1. The van der Waals surface area contributed by atoms with E-state index in [4.69, 9.17) is 20.8 Å². The van der Waals surface area contributed by atoms with Crippen LogP contribution >= 0.6 is 11.6 Å². The summed E-state index contributed by atoms with van der Waals surface area (Å²) in [7, 11) is 0. The molecule has 1 unspecified atom stereocenters. The van der Waals surface area contributed by atoms with Crippen LogP contribution in [0.1, 0.15) is 0 Å². The number of halogens is 1. The zero-order valence-electron chi connectivity index (χ0n) is 15.3. The second-order valence-electron chi connectivity index (χ2n) is 6.90. The number of H-pyrrole nitrogens is 1. The van der Waals surface area contributed by atoms with Gasteiger partial charge in [0.15, 0.2) is 5.58 Å². The van der Waals surface area contributed by atoms with E-state index in [9.17, 15) is 9.90 Å². The molecule has 2 N–H and O–H groups in total. The summed E-state index contributed by atoms with van der Waals surface area (Å²) < 4.78 is 10.7. The van der Waals surface area contributed by atoms with Crippen molar-refractivity contribution in [1.29, 1.82) is 0 Å². The number of β-amino-alcohol motifs (C(OH)–C–C–N with tert-alkyl or cyclic N) is 1. The molecule has 148 valence electrons. The Bertz CT molecular complexity index is 977. The molecule has 1 fully saturated rings. The number of ether oxygens (including phenoxy) is 1. The van der Waals surface area contributed by atoms with Crippen molar-refractivity contribution in [3.05, 3.63) is 58.0 Å². The predicted molar refractivity (Wildman–Crippen MR) is 108 cm³/mol. The van der Waals surface area contributed by atoms with E-state index in [1.807, 2.05) is 24.3 Å². The van der Waals surface area contributed by atoms with Crippen molar-refractivity contribution in [2.45, 2.75) is 6.10 Å². The quantitative estimate of drug-likeness (QED) is 0.657. The second-order valence-corrected chi connectivity index (χ2v) is 7.34. The van der Waals surface area contributed by atoms with E-state index in [2.05, 4.69) is 14.8 Å². The van der Waals surface area contributed by atoms with Gasteiger partial charge < -0.3 is 19.2 Å².